The molecule has 1 heterocycles. The zero-order valence-electron chi connectivity index (χ0n) is 20.9. The number of aliphatic hydroxyl groups is 1. The molecule has 0 radical (unpaired) electrons. The number of ether oxygens (including phenoxy) is 1. The summed E-state index contributed by atoms with van der Waals surface area (Å²) >= 11 is 0. The Hall–Kier alpha value is -2.46. The van der Waals surface area contributed by atoms with Crippen molar-refractivity contribution in [1.29, 1.82) is 0 Å². The maximum Gasteiger partial charge on any atom is 0.243 e. The van der Waals surface area contributed by atoms with Gasteiger partial charge in [0.25, 0.3) is 0 Å². The van der Waals surface area contributed by atoms with Gasteiger partial charge in [0.1, 0.15) is 5.75 Å². The molecule has 2 aromatic carbocycles. The third-order valence-corrected chi connectivity index (χ3v) is 9.03. The van der Waals surface area contributed by atoms with Crippen LogP contribution in [0.1, 0.15) is 31.2 Å². The first-order valence-electron chi connectivity index (χ1n) is 12.7. The van der Waals surface area contributed by atoms with E-state index in [0.717, 1.165) is 31.2 Å². The molecule has 196 valence electrons. The molecular formula is C27H37N3O5S. The second-order valence-electron chi connectivity index (χ2n) is 9.82. The Kier molecular flexibility index (Phi) is 9.00. The van der Waals surface area contributed by atoms with Gasteiger partial charge in [-0.05, 0) is 55.0 Å². The van der Waals surface area contributed by atoms with Crippen LogP contribution in [0.2, 0.25) is 0 Å². The molecule has 1 aliphatic heterocycles. The third kappa shape index (κ3) is 6.64. The lowest BCUT2D eigenvalue weighted by molar-refractivity contribution is -0.136. The number of carbonyl (C=O) groups is 1. The fourth-order valence-corrected chi connectivity index (χ4v) is 6.80. The standard InChI is InChI=1S/C27H37N3O5S/c1-35-25-11-13-26(14-12-25)36(33,34)29(18-22-9-5-6-10-22)19-24(31)20-30-23(16-28-17-27(30)32)15-21-7-3-2-4-8-21/h2-4,7-8,11-14,22-24,28,31H,5-6,9-10,15-20H2,1H3/t23-,24?/m0/s1. The van der Waals surface area contributed by atoms with Crippen molar-refractivity contribution < 1.29 is 23.1 Å². The van der Waals surface area contributed by atoms with Crippen LogP contribution in [0.4, 0.5) is 0 Å². The number of nitrogens with one attached hydrogen (secondary N) is 1. The highest BCUT2D eigenvalue weighted by Crippen LogP contribution is 2.28. The quantitative estimate of drug-likeness (QED) is 0.477. The Balaban J connectivity index is 1.49. The number of hydrogen-bond acceptors (Lipinski definition) is 6. The highest BCUT2D eigenvalue weighted by Gasteiger charge is 2.34. The number of aliphatic hydroxyl groups excluding tert-OH is 1. The fraction of sp³-hybridized carbons (Fsp3) is 0.519. The van der Waals surface area contributed by atoms with E-state index in [0.29, 0.717) is 25.3 Å². The summed E-state index contributed by atoms with van der Waals surface area (Å²) in [6.07, 6.45) is 3.84. The molecular weight excluding hydrogens is 478 g/mol. The minimum atomic E-state index is -3.82. The van der Waals surface area contributed by atoms with E-state index in [1.807, 2.05) is 30.3 Å². The lowest BCUT2D eigenvalue weighted by Gasteiger charge is -2.38. The number of piperazine rings is 1. The number of methoxy groups -OCH3 is 1. The summed E-state index contributed by atoms with van der Waals surface area (Å²) in [5, 5.41) is 14.3. The van der Waals surface area contributed by atoms with Crippen molar-refractivity contribution in [2.75, 3.05) is 39.8 Å². The SMILES string of the molecule is COc1ccc(S(=O)(=O)N(CC(O)CN2C(=O)CNC[C@@H]2Cc2ccccc2)CC2CCCC2)cc1. The average Bonchev–Trinajstić information content (AvgIpc) is 3.40. The van der Waals surface area contributed by atoms with Crippen LogP contribution in [0.15, 0.2) is 59.5 Å². The van der Waals surface area contributed by atoms with Gasteiger partial charge in [-0.3, -0.25) is 4.79 Å². The van der Waals surface area contributed by atoms with Gasteiger partial charge in [-0.1, -0.05) is 43.2 Å². The maximum absolute atomic E-state index is 13.6. The van der Waals surface area contributed by atoms with Gasteiger partial charge < -0.3 is 20.1 Å². The molecule has 1 saturated heterocycles. The molecule has 8 nitrogen and oxygen atoms in total. The minimum Gasteiger partial charge on any atom is -0.497 e. The first-order valence-corrected chi connectivity index (χ1v) is 14.2. The summed E-state index contributed by atoms with van der Waals surface area (Å²) in [6, 6.07) is 16.2. The second-order valence-corrected chi connectivity index (χ2v) is 11.8. The van der Waals surface area contributed by atoms with E-state index in [2.05, 4.69) is 5.32 Å². The molecule has 1 saturated carbocycles. The van der Waals surface area contributed by atoms with Crippen LogP contribution in [0.5, 0.6) is 5.75 Å². The molecule has 1 aliphatic carbocycles. The Morgan fingerprint density at radius 3 is 2.47 bits per heavy atom. The van der Waals surface area contributed by atoms with Crippen LogP contribution in [-0.2, 0) is 21.2 Å². The molecule has 1 amide bonds. The summed E-state index contributed by atoms with van der Waals surface area (Å²) in [7, 11) is -2.29. The number of hydrogen-bond donors (Lipinski definition) is 2. The molecule has 1 unspecified atom stereocenters. The van der Waals surface area contributed by atoms with Gasteiger partial charge in [-0.25, -0.2) is 8.42 Å². The van der Waals surface area contributed by atoms with Gasteiger partial charge in [0.2, 0.25) is 15.9 Å². The first kappa shape index (κ1) is 26.6. The maximum atomic E-state index is 13.6. The highest BCUT2D eigenvalue weighted by atomic mass is 32.2. The molecule has 0 spiro atoms. The summed E-state index contributed by atoms with van der Waals surface area (Å²) in [4.78, 5) is 14.7. The predicted molar refractivity (Wildman–Crippen MR) is 138 cm³/mol. The lowest BCUT2D eigenvalue weighted by atomic mass is 10.0. The lowest BCUT2D eigenvalue weighted by Crippen LogP contribution is -2.58. The largest absolute Gasteiger partial charge is 0.497 e. The number of rotatable bonds is 11. The van der Waals surface area contributed by atoms with Crippen LogP contribution in [0, 0.1) is 5.92 Å². The van der Waals surface area contributed by atoms with Crippen molar-refractivity contribution in [1.82, 2.24) is 14.5 Å². The van der Waals surface area contributed by atoms with Crippen LogP contribution in [0.3, 0.4) is 0 Å². The molecule has 36 heavy (non-hydrogen) atoms. The molecule has 2 N–H and O–H groups in total. The van der Waals surface area contributed by atoms with Gasteiger partial charge in [-0.15, -0.1) is 0 Å². The Morgan fingerprint density at radius 2 is 1.81 bits per heavy atom. The normalized spacial score (nSPS) is 20.1. The number of carbonyl (C=O) groups excluding carboxylic acids is 1. The van der Waals surface area contributed by atoms with E-state index in [-0.39, 0.29) is 42.4 Å². The monoisotopic (exact) mass is 515 g/mol. The summed E-state index contributed by atoms with van der Waals surface area (Å²) in [6.45, 7) is 1.25. The number of β-amino-alcohol motifs (C(OH)–C–C–N with tert-alkyl or cyclic N) is 1. The van der Waals surface area contributed by atoms with Gasteiger partial charge >= 0.3 is 0 Å². The smallest absolute Gasteiger partial charge is 0.243 e. The van der Waals surface area contributed by atoms with Crippen LogP contribution in [-0.4, -0.2) is 80.6 Å². The predicted octanol–water partition coefficient (Wildman–Crippen LogP) is 2.28. The number of sulfonamides is 1. The van der Waals surface area contributed by atoms with Crippen molar-refractivity contribution in [3.05, 3.63) is 60.2 Å². The van der Waals surface area contributed by atoms with Crippen molar-refractivity contribution in [2.24, 2.45) is 5.92 Å². The Labute approximate surface area is 214 Å². The topological polar surface area (TPSA) is 99.2 Å². The van der Waals surface area contributed by atoms with E-state index < -0.39 is 16.1 Å². The molecule has 0 bridgehead atoms. The minimum absolute atomic E-state index is 0.0554. The highest BCUT2D eigenvalue weighted by molar-refractivity contribution is 7.89. The van der Waals surface area contributed by atoms with Gasteiger partial charge in [-0.2, -0.15) is 4.31 Å². The van der Waals surface area contributed by atoms with E-state index in [1.165, 1.54) is 23.5 Å². The van der Waals surface area contributed by atoms with Crippen molar-refractivity contribution >= 4 is 15.9 Å². The van der Waals surface area contributed by atoms with Gasteiger partial charge in [0.15, 0.2) is 0 Å². The zero-order chi connectivity index (χ0) is 25.5. The first-order chi connectivity index (χ1) is 17.4. The summed E-state index contributed by atoms with van der Waals surface area (Å²) in [5.74, 6) is 0.775. The van der Waals surface area contributed by atoms with E-state index in [4.69, 9.17) is 4.74 Å². The van der Waals surface area contributed by atoms with Gasteiger partial charge in [0, 0.05) is 32.2 Å². The van der Waals surface area contributed by atoms with Crippen molar-refractivity contribution in [3.63, 3.8) is 0 Å². The van der Waals surface area contributed by atoms with Crippen LogP contribution >= 0.6 is 0 Å². The molecule has 2 fully saturated rings. The van der Waals surface area contributed by atoms with Crippen molar-refractivity contribution in [2.45, 2.75) is 49.1 Å². The van der Waals surface area contributed by atoms with E-state index >= 15 is 0 Å². The zero-order valence-corrected chi connectivity index (χ0v) is 21.7. The second kappa shape index (κ2) is 12.2. The molecule has 0 aromatic heterocycles. The number of amides is 1. The van der Waals surface area contributed by atoms with Gasteiger partial charge in [0.05, 0.1) is 24.7 Å². The summed E-state index contributed by atoms with van der Waals surface area (Å²) in [5.41, 5.74) is 1.11. The third-order valence-electron chi connectivity index (χ3n) is 7.19. The Bertz CT molecular complexity index is 1090. The Morgan fingerprint density at radius 1 is 1.11 bits per heavy atom. The van der Waals surface area contributed by atoms with E-state index in [1.54, 1.807) is 17.0 Å². The molecule has 2 aromatic rings. The fourth-order valence-electron chi connectivity index (χ4n) is 5.25. The molecule has 2 atom stereocenters. The summed E-state index contributed by atoms with van der Waals surface area (Å²) < 4.78 is 33.8. The molecule has 2 aliphatic rings. The van der Waals surface area contributed by atoms with Crippen LogP contribution < -0.4 is 10.1 Å². The van der Waals surface area contributed by atoms with Crippen LogP contribution in [0.25, 0.3) is 0 Å². The number of benzene rings is 2. The average molecular weight is 516 g/mol. The number of nitrogens with zero attached hydrogens (tertiary/aromatic N) is 2. The van der Waals surface area contributed by atoms with E-state index in [9.17, 15) is 18.3 Å². The molecule has 4 rings (SSSR count). The van der Waals surface area contributed by atoms with Crippen molar-refractivity contribution in [3.8, 4) is 5.75 Å². The molecule has 9 heteroatoms.